The van der Waals surface area contributed by atoms with Crippen LogP contribution in [-0.2, 0) is 16.0 Å². The minimum absolute atomic E-state index is 0.0901. The third kappa shape index (κ3) is 4.03. The Balaban J connectivity index is 2.46. The van der Waals surface area contributed by atoms with Crippen molar-refractivity contribution in [2.75, 3.05) is 7.11 Å². The van der Waals surface area contributed by atoms with Gasteiger partial charge in [-0.05, 0) is 17.9 Å². The van der Waals surface area contributed by atoms with E-state index in [1.165, 1.54) is 7.11 Å². The van der Waals surface area contributed by atoms with Crippen molar-refractivity contribution in [1.29, 1.82) is 0 Å². The fourth-order valence-corrected chi connectivity index (χ4v) is 1.54. The molecule has 88 valence electrons. The minimum atomic E-state index is -0.513. The van der Waals surface area contributed by atoms with Crippen LogP contribution in [0.1, 0.15) is 18.9 Å². The molecule has 0 aliphatic carbocycles. The van der Waals surface area contributed by atoms with E-state index in [0.717, 1.165) is 5.56 Å². The Kier molecular flexibility index (Phi) is 4.99. The zero-order chi connectivity index (χ0) is 12.0. The number of aliphatic hydroxyl groups is 1. The molecule has 2 unspecified atom stereocenters. The molecule has 3 heteroatoms. The second-order valence-electron chi connectivity index (χ2n) is 4.01. The van der Waals surface area contributed by atoms with Gasteiger partial charge in [0.2, 0.25) is 0 Å². The molecule has 0 saturated carbocycles. The lowest BCUT2D eigenvalue weighted by Crippen LogP contribution is -2.23. The average Bonchev–Trinajstić information content (AvgIpc) is 2.30. The van der Waals surface area contributed by atoms with E-state index in [1.54, 1.807) is 0 Å². The van der Waals surface area contributed by atoms with E-state index in [4.69, 9.17) is 0 Å². The zero-order valence-corrected chi connectivity index (χ0v) is 9.72. The summed E-state index contributed by atoms with van der Waals surface area (Å²) in [5.41, 5.74) is 1.08. The van der Waals surface area contributed by atoms with E-state index in [1.807, 2.05) is 37.3 Å². The maximum absolute atomic E-state index is 11.0. The van der Waals surface area contributed by atoms with Gasteiger partial charge in [0, 0.05) is 0 Å². The number of hydrogen-bond donors (Lipinski definition) is 1. The van der Waals surface area contributed by atoms with Gasteiger partial charge in [-0.2, -0.15) is 0 Å². The summed E-state index contributed by atoms with van der Waals surface area (Å²) in [4.78, 5) is 11.0. The summed E-state index contributed by atoms with van der Waals surface area (Å²) in [5, 5.41) is 9.91. The van der Waals surface area contributed by atoms with Crippen molar-refractivity contribution in [2.45, 2.75) is 25.9 Å². The fraction of sp³-hybridized carbons (Fsp3) is 0.462. The Morgan fingerprint density at radius 2 is 2.00 bits per heavy atom. The summed E-state index contributed by atoms with van der Waals surface area (Å²) in [7, 11) is 1.36. The molecule has 0 aliphatic heterocycles. The summed E-state index contributed by atoms with van der Waals surface area (Å²) in [6.07, 6.45) is 0.310. The highest BCUT2D eigenvalue weighted by atomic mass is 16.5. The van der Waals surface area contributed by atoms with Gasteiger partial charge < -0.3 is 9.84 Å². The smallest absolute Gasteiger partial charge is 0.305 e. The molecule has 0 heterocycles. The third-order valence-corrected chi connectivity index (χ3v) is 2.66. The molecule has 1 rings (SSSR count). The summed E-state index contributed by atoms with van der Waals surface area (Å²) >= 11 is 0. The van der Waals surface area contributed by atoms with Crippen molar-refractivity contribution in [2.24, 2.45) is 5.92 Å². The Morgan fingerprint density at radius 3 is 2.56 bits per heavy atom. The Hall–Kier alpha value is -1.35. The predicted molar refractivity (Wildman–Crippen MR) is 61.9 cm³/mol. The monoisotopic (exact) mass is 222 g/mol. The van der Waals surface area contributed by atoms with Crippen LogP contribution in [0.4, 0.5) is 0 Å². The van der Waals surface area contributed by atoms with E-state index in [2.05, 4.69) is 4.74 Å². The SMILES string of the molecule is COC(=O)CC(C)C(O)Cc1ccccc1. The van der Waals surface area contributed by atoms with E-state index in [-0.39, 0.29) is 18.3 Å². The van der Waals surface area contributed by atoms with Crippen molar-refractivity contribution >= 4 is 5.97 Å². The first kappa shape index (κ1) is 12.7. The first-order valence-corrected chi connectivity index (χ1v) is 5.42. The molecular formula is C13H18O3. The van der Waals surface area contributed by atoms with E-state index >= 15 is 0 Å². The molecule has 2 atom stereocenters. The van der Waals surface area contributed by atoms with Crippen LogP contribution >= 0.6 is 0 Å². The zero-order valence-electron chi connectivity index (χ0n) is 9.72. The van der Waals surface area contributed by atoms with E-state index in [0.29, 0.717) is 6.42 Å². The first-order chi connectivity index (χ1) is 7.63. The molecule has 0 aromatic heterocycles. The molecule has 1 aromatic rings. The molecule has 0 radical (unpaired) electrons. The highest BCUT2D eigenvalue weighted by molar-refractivity contribution is 5.69. The van der Waals surface area contributed by atoms with Crippen molar-refractivity contribution in [3.8, 4) is 0 Å². The summed E-state index contributed by atoms with van der Waals surface area (Å²) in [5.74, 6) is -0.368. The quantitative estimate of drug-likeness (QED) is 0.773. The standard InChI is InChI=1S/C13H18O3/c1-10(8-13(15)16-2)12(14)9-11-6-4-3-5-7-11/h3-7,10,12,14H,8-9H2,1-2H3. The second kappa shape index (κ2) is 6.28. The Labute approximate surface area is 96.1 Å². The van der Waals surface area contributed by atoms with Gasteiger partial charge in [-0.3, -0.25) is 4.79 Å². The number of carbonyl (C=O) groups excluding carboxylic acids is 1. The minimum Gasteiger partial charge on any atom is -0.469 e. The average molecular weight is 222 g/mol. The first-order valence-electron chi connectivity index (χ1n) is 5.42. The van der Waals surface area contributed by atoms with Gasteiger partial charge >= 0.3 is 5.97 Å². The second-order valence-corrected chi connectivity index (χ2v) is 4.01. The van der Waals surface area contributed by atoms with Crippen LogP contribution < -0.4 is 0 Å². The van der Waals surface area contributed by atoms with Gasteiger partial charge in [0.25, 0.3) is 0 Å². The highest BCUT2D eigenvalue weighted by Gasteiger charge is 2.18. The van der Waals surface area contributed by atoms with Crippen LogP contribution in [0.2, 0.25) is 0 Å². The topological polar surface area (TPSA) is 46.5 Å². The van der Waals surface area contributed by atoms with Gasteiger partial charge in [-0.25, -0.2) is 0 Å². The van der Waals surface area contributed by atoms with E-state index < -0.39 is 6.10 Å². The summed E-state index contributed by atoms with van der Waals surface area (Å²) < 4.78 is 4.57. The fourth-order valence-electron chi connectivity index (χ4n) is 1.54. The van der Waals surface area contributed by atoms with Gasteiger partial charge in [0.1, 0.15) is 0 Å². The normalized spacial score (nSPS) is 14.2. The lowest BCUT2D eigenvalue weighted by atomic mass is 9.95. The molecule has 0 spiro atoms. The number of benzene rings is 1. The van der Waals surface area contributed by atoms with Crippen LogP contribution in [0, 0.1) is 5.92 Å². The lowest BCUT2D eigenvalue weighted by Gasteiger charge is -2.17. The number of ether oxygens (including phenoxy) is 1. The van der Waals surface area contributed by atoms with Gasteiger partial charge in [-0.1, -0.05) is 37.3 Å². The summed E-state index contributed by atoms with van der Waals surface area (Å²) in [6.45, 7) is 1.85. The number of esters is 1. The third-order valence-electron chi connectivity index (χ3n) is 2.66. The van der Waals surface area contributed by atoms with Crippen molar-refractivity contribution < 1.29 is 14.6 Å². The molecular weight excluding hydrogens is 204 g/mol. The van der Waals surface area contributed by atoms with Gasteiger partial charge in [-0.15, -0.1) is 0 Å². The van der Waals surface area contributed by atoms with E-state index in [9.17, 15) is 9.90 Å². The molecule has 0 aliphatic rings. The number of aliphatic hydroxyl groups excluding tert-OH is 1. The number of rotatable bonds is 5. The molecule has 0 fully saturated rings. The number of methoxy groups -OCH3 is 1. The molecule has 0 amide bonds. The number of hydrogen-bond acceptors (Lipinski definition) is 3. The van der Waals surface area contributed by atoms with Crippen molar-refractivity contribution in [3.05, 3.63) is 35.9 Å². The van der Waals surface area contributed by atoms with Crippen LogP contribution in [0.5, 0.6) is 0 Å². The maximum Gasteiger partial charge on any atom is 0.305 e. The molecule has 0 bridgehead atoms. The number of carbonyl (C=O) groups is 1. The molecule has 0 saturated heterocycles. The lowest BCUT2D eigenvalue weighted by molar-refractivity contribution is -0.142. The van der Waals surface area contributed by atoms with Crippen molar-refractivity contribution in [1.82, 2.24) is 0 Å². The van der Waals surface area contributed by atoms with Crippen LogP contribution in [0.25, 0.3) is 0 Å². The largest absolute Gasteiger partial charge is 0.469 e. The van der Waals surface area contributed by atoms with Crippen molar-refractivity contribution in [3.63, 3.8) is 0 Å². The van der Waals surface area contributed by atoms with Crippen LogP contribution in [-0.4, -0.2) is 24.3 Å². The maximum atomic E-state index is 11.0. The Bertz CT molecular complexity index is 321. The molecule has 16 heavy (non-hydrogen) atoms. The predicted octanol–water partition coefficient (Wildman–Crippen LogP) is 1.79. The van der Waals surface area contributed by atoms with Crippen LogP contribution in [0.3, 0.4) is 0 Å². The molecule has 3 nitrogen and oxygen atoms in total. The van der Waals surface area contributed by atoms with Gasteiger partial charge in [0.05, 0.1) is 19.6 Å². The molecule has 1 N–H and O–H groups in total. The van der Waals surface area contributed by atoms with Crippen LogP contribution in [0.15, 0.2) is 30.3 Å². The van der Waals surface area contributed by atoms with Gasteiger partial charge in [0.15, 0.2) is 0 Å². The Morgan fingerprint density at radius 1 is 1.38 bits per heavy atom. The summed E-state index contributed by atoms with van der Waals surface area (Å²) in [6, 6.07) is 9.75. The highest BCUT2D eigenvalue weighted by Crippen LogP contribution is 2.14. The molecule has 1 aromatic carbocycles.